The first-order chi connectivity index (χ1) is 12.7. The third-order valence-electron chi connectivity index (χ3n) is 4.00. The molecule has 26 heavy (non-hydrogen) atoms. The highest BCUT2D eigenvalue weighted by Crippen LogP contribution is 2.26. The minimum atomic E-state index is -1.07. The van der Waals surface area contributed by atoms with Gasteiger partial charge in [0.25, 0.3) is 0 Å². The van der Waals surface area contributed by atoms with E-state index in [1.54, 1.807) is 16.9 Å². The summed E-state index contributed by atoms with van der Waals surface area (Å²) in [6.07, 6.45) is 3.26. The molecule has 0 aliphatic rings. The summed E-state index contributed by atoms with van der Waals surface area (Å²) in [7, 11) is 0. The highest BCUT2D eigenvalue weighted by atomic mass is 16.5. The van der Waals surface area contributed by atoms with Gasteiger partial charge in [-0.3, -0.25) is 0 Å². The van der Waals surface area contributed by atoms with Crippen LogP contribution in [0, 0.1) is 0 Å². The molecule has 128 valence electrons. The molecule has 6 nitrogen and oxygen atoms in total. The van der Waals surface area contributed by atoms with Gasteiger partial charge in [-0.1, -0.05) is 42.5 Å². The summed E-state index contributed by atoms with van der Waals surface area (Å²) in [5.41, 5.74) is 3.25. The maximum absolute atomic E-state index is 11.1. The molecule has 4 rings (SSSR count). The summed E-state index contributed by atoms with van der Waals surface area (Å²) < 4.78 is 7.35. The summed E-state index contributed by atoms with van der Waals surface area (Å²) in [5, 5.41) is 13.3. The summed E-state index contributed by atoms with van der Waals surface area (Å²) in [6, 6.07) is 18.9. The summed E-state index contributed by atoms with van der Waals surface area (Å²) in [6.45, 7) is 0.500. The fourth-order valence-electron chi connectivity index (χ4n) is 2.66. The highest BCUT2D eigenvalue weighted by Gasteiger charge is 2.12. The number of carbonyl (C=O) groups is 1. The molecule has 0 atom stereocenters. The predicted octanol–water partition coefficient (Wildman–Crippen LogP) is 3.67. The Morgan fingerprint density at radius 1 is 1.04 bits per heavy atom. The van der Waals surface area contributed by atoms with E-state index in [-0.39, 0.29) is 5.69 Å². The third-order valence-corrected chi connectivity index (χ3v) is 4.00. The fraction of sp³-hybridized carbons (Fsp3) is 0.0500. The molecule has 0 saturated carbocycles. The van der Waals surface area contributed by atoms with Crippen LogP contribution in [0.1, 0.15) is 16.1 Å². The first-order valence-electron chi connectivity index (χ1n) is 8.05. The topological polar surface area (TPSA) is 76.7 Å². The first-order valence-corrected chi connectivity index (χ1v) is 8.05. The van der Waals surface area contributed by atoms with Crippen LogP contribution in [-0.2, 0) is 6.61 Å². The van der Waals surface area contributed by atoms with Gasteiger partial charge in [-0.15, -0.1) is 0 Å². The minimum Gasteiger partial charge on any atom is -0.489 e. The van der Waals surface area contributed by atoms with Gasteiger partial charge in [-0.2, -0.15) is 5.10 Å². The van der Waals surface area contributed by atoms with Crippen LogP contribution in [0.15, 0.2) is 73.1 Å². The number of benzene rings is 2. The number of fused-ring (bicyclic) bond motifs is 1. The van der Waals surface area contributed by atoms with Crippen molar-refractivity contribution in [3.63, 3.8) is 0 Å². The smallest absolute Gasteiger partial charge is 0.354 e. The van der Waals surface area contributed by atoms with Crippen molar-refractivity contribution in [3.05, 3.63) is 84.3 Å². The van der Waals surface area contributed by atoms with Crippen LogP contribution in [0.5, 0.6) is 5.75 Å². The largest absolute Gasteiger partial charge is 0.489 e. The van der Waals surface area contributed by atoms with Gasteiger partial charge in [0, 0.05) is 11.8 Å². The van der Waals surface area contributed by atoms with Crippen LogP contribution in [0.4, 0.5) is 0 Å². The average molecular weight is 345 g/mol. The molecule has 4 aromatic rings. The number of aromatic carboxylic acids is 1. The van der Waals surface area contributed by atoms with Gasteiger partial charge in [0.15, 0.2) is 11.3 Å². The first kappa shape index (κ1) is 15.8. The second-order valence-electron chi connectivity index (χ2n) is 5.74. The number of hydrogen-bond donors (Lipinski definition) is 1. The SMILES string of the molecule is O=C(O)c1ccn2ncc(-c3ccc(OCc4ccccc4)cc3)c2n1. The van der Waals surface area contributed by atoms with E-state index in [2.05, 4.69) is 10.1 Å². The summed E-state index contributed by atoms with van der Waals surface area (Å²) >= 11 is 0. The minimum absolute atomic E-state index is 0.0120. The van der Waals surface area contributed by atoms with E-state index < -0.39 is 5.97 Å². The number of rotatable bonds is 5. The van der Waals surface area contributed by atoms with Crippen molar-refractivity contribution in [2.24, 2.45) is 0 Å². The Morgan fingerprint density at radius 3 is 2.54 bits per heavy atom. The second-order valence-corrected chi connectivity index (χ2v) is 5.74. The molecule has 0 bridgehead atoms. The maximum Gasteiger partial charge on any atom is 0.354 e. The Morgan fingerprint density at radius 2 is 1.81 bits per heavy atom. The number of hydrogen-bond acceptors (Lipinski definition) is 4. The average Bonchev–Trinajstić information content (AvgIpc) is 3.11. The Labute approximate surface area is 149 Å². The normalized spacial score (nSPS) is 10.8. The van der Waals surface area contributed by atoms with E-state index in [1.807, 2.05) is 54.6 Å². The van der Waals surface area contributed by atoms with Gasteiger partial charge in [0.05, 0.1) is 6.20 Å². The van der Waals surface area contributed by atoms with Crippen molar-refractivity contribution < 1.29 is 14.6 Å². The van der Waals surface area contributed by atoms with Crippen LogP contribution < -0.4 is 4.74 Å². The predicted molar refractivity (Wildman–Crippen MR) is 96.2 cm³/mol. The zero-order valence-corrected chi connectivity index (χ0v) is 13.7. The molecule has 0 spiro atoms. The summed E-state index contributed by atoms with van der Waals surface area (Å²) in [4.78, 5) is 15.3. The van der Waals surface area contributed by atoms with E-state index in [9.17, 15) is 4.79 Å². The van der Waals surface area contributed by atoms with E-state index >= 15 is 0 Å². The van der Waals surface area contributed by atoms with Crippen LogP contribution in [-0.4, -0.2) is 25.7 Å². The zero-order chi connectivity index (χ0) is 17.9. The third kappa shape index (κ3) is 3.12. The quantitative estimate of drug-likeness (QED) is 0.597. The lowest BCUT2D eigenvalue weighted by Crippen LogP contribution is -2.02. The van der Waals surface area contributed by atoms with Crippen molar-refractivity contribution in [1.29, 1.82) is 0 Å². The van der Waals surface area contributed by atoms with E-state index in [4.69, 9.17) is 9.84 Å². The molecule has 0 amide bonds. The van der Waals surface area contributed by atoms with E-state index in [0.29, 0.717) is 12.3 Å². The van der Waals surface area contributed by atoms with Crippen molar-refractivity contribution in [2.75, 3.05) is 0 Å². The van der Waals surface area contributed by atoms with Gasteiger partial charge in [0.1, 0.15) is 12.4 Å². The maximum atomic E-state index is 11.1. The number of carboxylic acid groups (broad SMARTS) is 1. The lowest BCUT2D eigenvalue weighted by molar-refractivity contribution is 0.0690. The molecule has 6 heteroatoms. The molecule has 0 aliphatic heterocycles. The lowest BCUT2D eigenvalue weighted by atomic mass is 10.1. The van der Waals surface area contributed by atoms with Gasteiger partial charge in [0.2, 0.25) is 0 Å². The fourth-order valence-corrected chi connectivity index (χ4v) is 2.66. The van der Waals surface area contributed by atoms with Gasteiger partial charge < -0.3 is 9.84 Å². The zero-order valence-electron chi connectivity index (χ0n) is 13.7. The number of nitrogens with zero attached hydrogens (tertiary/aromatic N) is 3. The molecule has 2 heterocycles. The molecule has 0 saturated heterocycles. The highest BCUT2D eigenvalue weighted by molar-refractivity contribution is 5.87. The molecule has 0 radical (unpaired) electrons. The summed E-state index contributed by atoms with van der Waals surface area (Å²) in [5.74, 6) is -0.308. The van der Waals surface area contributed by atoms with Crippen molar-refractivity contribution in [1.82, 2.24) is 14.6 Å². The van der Waals surface area contributed by atoms with Gasteiger partial charge in [-0.05, 0) is 29.3 Å². The Kier molecular flexibility index (Phi) is 4.07. The van der Waals surface area contributed by atoms with Crippen LogP contribution in [0.3, 0.4) is 0 Å². The Hall–Kier alpha value is -3.67. The standard InChI is InChI=1S/C20H15N3O3/c24-20(25)18-10-11-23-19(22-18)17(12-21-23)15-6-8-16(9-7-15)26-13-14-4-2-1-3-5-14/h1-12H,13H2,(H,24,25). The number of carboxylic acids is 1. The van der Waals surface area contributed by atoms with E-state index in [1.165, 1.54) is 6.07 Å². The molecule has 2 aromatic carbocycles. The monoisotopic (exact) mass is 345 g/mol. The second kappa shape index (κ2) is 6.68. The molecular weight excluding hydrogens is 330 g/mol. The van der Waals surface area contributed by atoms with Crippen LogP contribution >= 0.6 is 0 Å². The molecule has 2 aromatic heterocycles. The molecule has 0 aliphatic carbocycles. The van der Waals surface area contributed by atoms with E-state index in [0.717, 1.165) is 22.4 Å². The Bertz CT molecular complexity index is 1060. The van der Waals surface area contributed by atoms with Crippen molar-refractivity contribution in [3.8, 4) is 16.9 Å². The number of aromatic nitrogens is 3. The molecule has 0 fully saturated rings. The van der Waals surface area contributed by atoms with Gasteiger partial charge >= 0.3 is 5.97 Å². The van der Waals surface area contributed by atoms with Crippen LogP contribution in [0.25, 0.3) is 16.8 Å². The van der Waals surface area contributed by atoms with Crippen molar-refractivity contribution in [2.45, 2.75) is 6.61 Å². The van der Waals surface area contributed by atoms with Crippen LogP contribution in [0.2, 0.25) is 0 Å². The number of ether oxygens (including phenoxy) is 1. The molecular formula is C20H15N3O3. The van der Waals surface area contributed by atoms with Crippen molar-refractivity contribution >= 4 is 11.6 Å². The molecule has 0 unspecified atom stereocenters. The molecule has 1 N–H and O–H groups in total. The van der Waals surface area contributed by atoms with Gasteiger partial charge in [-0.25, -0.2) is 14.3 Å². The lowest BCUT2D eigenvalue weighted by Gasteiger charge is -2.07. The Balaban J connectivity index is 1.58.